The second kappa shape index (κ2) is 12.4. The van der Waals surface area contributed by atoms with Gasteiger partial charge in [-0.2, -0.15) is 0 Å². The van der Waals surface area contributed by atoms with Gasteiger partial charge in [0.1, 0.15) is 24.0 Å². The molecule has 15 heteroatoms. The van der Waals surface area contributed by atoms with Crippen LogP contribution in [-0.4, -0.2) is 89.7 Å². The molecule has 3 N–H and O–H groups in total. The van der Waals surface area contributed by atoms with E-state index in [2.05, 4.69) is 25.5 Å². The molecule has 234 valence electrons. The first kappa shape index (κ1) is 29.9. The van der Waals surface area contributed by atoms with Crippen molar-refractivity contribution in [3.8, 4) is 0 Å². The number of anilines is 1. The standard InChI is InChI=1S/C30H31FN8O6/c31-23-12-21-25(39(20-4-5-20)16-22(28(21)41)29(42)43)13-26(23)37-9-7-36(8-10-37)14-19-15-38(35-34-19)17-27(40)33-24(30(44)45)11-18-3-1-2-6-32-18/h1-3,6,12-13,15-16,20,24H,4-5,7-11,14,17H2,(H,33,40)(H,42,43)(H,44,45)/t24-/m0/s1. The Morgan fingerprint density at radius 3 is 2.49 bits per heavy atom. The SMILES string of the molecule is O=C(Cn1cc(CN2CCN(c3cc4c(cc3F)c(=O)c(C(=O)O)cn4C3CC3)CC2)nn1)N[C@@H](Cc1ccccn1)C(=O)O. The van der Waals surface area contributed by atoms with Gasteiger partial charge < -0.3 is 25.0 Å². The number of carbonyl (C=O) groups excluding carboxylic acids is 1. The number of aromatic carboxylic acids is 1. The molecule has 6 rings (SSSR count). The largest absolute Gasteiger partial charge is 0.480 e. The molecule has 45 heavy (non-hydrogen) atoms. The number of carboxylic acid groups (broad SMARTS) is 2. The molecule has 14 nitrogen and oxygen atoms in total. The lowest BCUT2D eigenvalue weighted by Gasteiger charge is -2.36. The molecule has 1 saturated carbocycles. The number of carboxylic acids is 2. The predicted octanol–water partition coefficient (Wildman–Crippen LogP) is 1.29. The lowest BCUT2D eigenvalue weighted by Crippen LogP contribution is -2.46. The molecular weight excluding hydrogens is 587 g/mol. The van der Waals surface area contributed by atoms with E-state index in [9.17, 15) is 29.4 Å². The van der Waals surface area contributed by atoms with E-state index in [1.807, 2.05) is 4.90 Å². The van der Waals surface area contributed by atoms with Gasteiger partial charge >= 0.3 is 11.9 Å². The molecule has 1 amide bonds. The van der Waals surface area contributed by atoms with Crippen LogP contribution in [0.5, 0.6) is 0 Å². The van der Waals surface area contributed by atoms with Gasteiger partial charge in [0.05, 0.1) is 23.1 Å². The lowest BCUT2D eigenvalue weighted by molar-refractivity contribution is -0.141. The molecule has 2 aliphatic rings. The smallest absolute Gasteiger partial charge is 0.341 e. The number of rotatable bonds is 11. The Kier molecular flexibility index (Phi) is 8.26. The molecule has 4 heterocycles. The fourth-order valence-corrected chi connectivity index (χ4v) is 5.59. The summed E-state index contributed by atoms with van der Waals surface area (Å²) in [5.74, 6) is -3.60. The van der Waals surface area contributed by atoms with Gasteiger partial charge in [-0.1, -0.05) is 11.3 Å². The molecule has 1 aliphatic carbocycles. The first-order valence-corrected chi connectivity index (χ1v) is 14.6. The summed E-state index contributed by atoms with van der Waals surface area (Å²) in [7, 11) is 0. The van der Waals surface area contributed by atoms with Crippen molar-refractivity contribution in [2.45, 2.75) is 44.4 Å². The first-order chi connectivity index (χ1) is 21.7. The maximum Gasteiger partial charge on any atom is 0.341 e. The maximum atomic E-state index is 15.3. The summed E-state index contributed by atoms with van der Waals surface area (Å²) >= 11 is 0. The van der Waals surface area contributed by atoms with Gasteiger partial charge in [-0.05, 0) is 37.1 Å². The highest BCUT2D eigenvalue weighted by Crippen LogP contribution is 2.38. The Morgan fingerprint density at radius 2 is 1.82 bits per heavy atom. The van der Waals surface area contributed by atoms with Gasteiger partial charge in [0.2, 0.25) is 11.3 Å². The quantitative estimate of drug-likeness (QED) is 0.221. The fourth-order valence-electron chi connectivity index (χ4n) is 5.59. The number of carbonyl (C=O) groups is 3. The number of piperazine rings is 1. The Labute approximate surface area is 255 Å². The van der Waals surface area contributed by atoms with Crippen LogP contribution in [0.4, 0.5) is 10.1 Å². The Balaban J connectivity index is 1.06. The average Bonchev–Trinajstić information content (AvgIpc) is 3.77. The summed E-state index contributed by atoms with van der Waals surface area (Å²) in [6.07, 6.45) is 6.34. The number of fused-ring (bicyclic) bond motifs is 1. The van der Waals surface area contributed by atoms with E-state index < -0.39 is 35.1 Å². The Hall–Kier alpha value is -5.18. The van der Waals surface area contributed by atoms with E-state index in [4.69, 9.17) is 0 Å². The summed E-state index contributed by atoms with van der Waals surface area (Å²) < 4.78 is 18.4. The first-order valence-electron chi connectivity index (χ1n) is 14.6. The highest BCUT2D eigenvalue weighted by Gasteiger charge is 2.29. The van der Waals surface area contributed by atoms with Crippen molar-refractivity contribution in [2.24, 2.45) is 0 Å². The number of aromatic nitrogens is 5. The van der Waals surface area contributed by atoms with Crippen LogP contribution < -0.4 is 15.6 Å². The van der Waals surface area contributed by atoms with Gasteiger partial charge in [-0.25, -0.2) is 18.7 Å². The van der Waals surface area contributed by atoms with Crippen LogP contribution in [0.1, 0.15) is 40.6 Å². The highest BCUT2D eigenvalue weighted by atomic mass is 19.1. The zero-order valence-corrected chi connectivity index (χ0v) is 24.2. The lowest BCUT2D eigenvalue weighted by atomic mass is 10.1. The molecule has 1 aromatic carbocycles. The molecule has 0 radical (unpaired) electrons. The van der Waals surface area contributed by atoms with Crippen molar-refractivity contribution < 1.29 is 29.0 Å². The van der Waals surface area contributed by atoms with Crippen molar-refractivity contribution in [2.75, 3.05) is 31.1 Å². The molecule has 0 bridgehead atoms. The summed E-state index contributed by atoms with van der Waals surface area (Å²) in [4.78, 5) is 56.7. The molecular formula is C30H31FN8O6. The van der Waals surface area contributed by atoms with Crippen molar-refractivity contribution in [1.29, 1.82) is 0 Å². The van der Waals surface area contributed by atoms with Gasteiger partial charge in [0.15, 0.2) is 0 Å². The minimum absolute atomic E-state index is 0.0471. The van der Waals surface area contributed by atoms with Crippen LogP contribution in [0.2, 0.25) is 0 Å². The van der Waals surface area contributed by atoms with Gasteiger partial charge in [-0.15, -0.1) is 5.10 Å². The molecule has 4 aromatic rings. The number of amides is 1. The number of nitrogens with zero attached hydrogens (tertiary/aromatic N) is 7. The van der Waals surface area contributed by atoms with Gasteiger partial charge in [-0.3, -0.25) is 19.5 Å². The van der Waals surface area contributed by atoms with E-state index in [0.29, 0.717) is 55.3 Å². The van der Waals surface area contributed by atoms with Crippen LogP contribution in [0.3, 0.4) is 0 Å². The molecule has 0 spiro atoms. The normalized spacial score (nSPS) is 16.1. The zero-order valence-electron chi connectivity index (χ0n) is 24.2. The third kappa shape index (κ3) is 6.67. The second-order valence-corrected chi connectivity index (χ2v) is 11.3. The summed E-state index contributed by atoms with van der Waals surface area (Å²) in [6.45, 7) is 2.44. The number of hydrogen-bond acceptors (Lipinski definition) is 9. The summed E-state index contributed by atoms with van der Waals surface area (Å²) in [6, 6.07) is 6.91. The van der Waals surface area contributed by atoms with Crippen LogP contribution >= 0.6 is 0 Å². The van der Waals surface area contributed by atoms with Crippen LogP contribution in [0.15, 0.2) is 53.7 Å². The predicted molar refractivity (Wildman–Crippen MR) is 158 cm³/mol. The summed E-state index contributed by atoms with van der Waals surface area (Å²) in [5, 5.41) is 29.7. The fraction of sp³-hybridized carbons (Fsp3) is 0.367. The molecule has 0 unspecified atom stereocenters. The van der Waals surface area contributed by atoms with Crippen LogP contribution in [-0.2, 0) is 29.1 Å². The molecule has 1 saturated heterocycles. The molecule has 2 fully saturated rings. The monoisotopic (exact) mass is 618 g/mol. The number of benzene rings is 1. The average molecular weight is 619 g/mol. The van der Waals surface area contributed by atoms with Crippen LogP contribution in [0.25, 0.3) is 10.9 Å². The van der Waals surface area contributed by atoms with E-state index in [0.717, 1.165) is 18.9 Å². The van der Waals surface area contributed by atoms with E-state index >= 15 is 4.39 Å². The van der Waals surface area contributed by atoms with Gasteiger partial charge in [0.25, 0.3) is 0 Å². The number of aliphatic carboxylic acids is 1. The minimum atomic E-state index is -1.33. The number of hydrogen-bond donors (Lipinski definition) is 3. The second-order valence-electron chi connectivity index (χ2n) is 11.3. The third-order valence-electron chi connectivity index (χ3n) is 8.03. The molecule has 3 aromatic heterocycles. The number of halogens is 1. The van der Waals surface area contributed by atoms with Crippen molar-refractivity contribution >= 4 is 34.4 Å². The zero-order chi connectivity index (χ0) is 31.7. The van der Waals surface area contributed by atoms with Crippen LogP contribution in [0, 0.1) is 5.82 Å². The van der Waals surface area contributed by atoms with Crippen molar-refractivity contribution in [3.05, 3.63) is 81.9 Å². The van der Waals surface area contributed by atoms with E-state index in [-0.39, 0.29) is 30.0 Å². The Morgan fingerprint density at radius 1 is 1.04 bits per heavy atom. The highest BCUT2D eigenvalue weighted by molar-refractivity contribution is 5.93. The van der Waals surface area contributed by atoms with Crippen molar-refractivity contribution in [3.63, 3.8) is 0 Å². The maximum absolute atomic E-state index is 15.3. The summed E-state index contributed by atoms with van der Waals surface area (Å²) in [5.41, 5.74) is 1.000. The number of nitrogens with one attached hydrogen (secondary N) is 1. The third-order valence-corrected chi connectivity index (χ3v) is 8.03. The van der Waals surface area contributed by atoms with E-state index in [1.54, 1.807) is 41.2 Å². The molecule has 1 aliphatic heterocycles. The van der Waals surface area contributed by atoms with Crippen molar-refractivity contribution in [1.82, 2.24) is 34.8 Å². The van der Waals surface area contributed by atoms with Gasteiger partial charge in [0, 0.05) is 68.7 Å². The molecule has 1 atom stereocenters. The van der Waals surface area contributed by atoms with E-state index in [1.165, 1.54) is 10.9 Å². The Bertz CT molecular complexity index is 1810. The topological polar surface area (TPSA) is 176 Å². The number of pyridine rings is 2. The minimum Gasteiger partial charge on any atom is -0.480 e.